The molecule has 0 bridgehead atoms. The summed E-state index contributed by atoms with van der Waals surface area (Å²) in [6.45, 7) is 0.980. The van der Waals surface area contributed by atoms with Crippen LogP contribution in [0.15, 0.2) is 16.8 Å². The molecule has 0 radical (unpaired) electrons. The lowest BCUT2D eigenvalue weighted by Crippen LogP contribution is -2.39. The Morgan fingerprint density at radius 2 is 2.25 bits per heavy atom. The lowest BCUT2D eigenvalue weighted by molar-refractivity contribution is 0.0626. The van der Waals surface area contributed by atoms with Crippen LogP contribution in [0.5, 0.6) is 0 Å². The summed E-state index contributed by atoms with van der Waals surface area (Å²) in [5.74, 6) is 0. The molecule has 1 saturated carbocycles. The highest BCUT2D eigenvalue weighted by atomic mass is 32.1. The zero-order chi connectivity index (χ0) is 11.2. The fourth-order valence-electron chi connectivity index (χ4n) is 2.43. The van der Waals surface area contributed by atoms with Crippen molar-refractivity contribution in [1.82, 2.24) is 5.32 Å². The van der Waals surface area contributed by atoms with Crippen LogP contribution in [-0.2, 0) is 11.3 Å². The largest absolute Gasteiger partial charge is 0.380 e. The molecular formula is C13H21NOS. The second kappa shape index (κ2) is 6.38. The minimum atomic E-state index is 0.404. The predicted molar refractivity (Wildman–Crippen MR) is 68.8 cm³/mol. The topological polar surface area (TPSA) is 21.3 Å². The van der Waals surface area contributed by atoms with Crippen molar-refractivity contribution >= 4 is 11.3 Å². The Bertz CT molecular complexity index is 286. The molecule has 0 aliphatic heterocycles. The van der Waals surface area contributed by atoms with Gasteiger partial charge in [0.15, 0.2) is 0 Å². The molecule has 2 unspecified atom stereocenters. The molecule has 0 spiro atoms. The number of thiophene rings is 1. The third-order valence-corrected chi connectivity index (χ3v) is 4.14. The molecule has 1 aromatic rings. The van der Waals surface area contributed by atoms with Crippen LogP contribution in [0.2, 0.25) is 0 Å². The molecule has 1 fully saturated rings. The summed E-state index contributed by atoms with van der Waals surface area (Å²) >= 11 is 1.77. The zero-order valence-corrected chi connectivity index (χ0v) is 10.8. The molecule has 16 heavy (non-hydrogen) atoms. The van der Waals surface area contributed by atoms with Crippen LogP contribution >= 0.6 is 11.3 Å². The smallest absolute Gasteiger partial charge is 0.0724 e. The first-order valence-corrected chi connectivity index (χ1v) is 7.11. The molecule has 0 aromatic carbocycles. The van der Waals surface area contributed by atoms with Gasteiger partial charge >= 0.3 is 0 Å². The highest BCUT2D eigenvalue weighted by Gasteiger charge is 2.22. The van der Waals surface area contributed by atoms with E-state index in [1.54, 1.807) is 11.3 Å². The van der Waals surface area contributed by atoms with Gasteiger partial charge < -0.3 is 10.1 Å². The summed E-state index contributed by atoms with van der Waals surface area (Å²) in [7, 11) is 1.84. The third-order valence-electron chi connectivity index (χ3n) is 3.40. The van der Waals surface area contributed by atoms with Gasteiger partial charge in [0.2, 0.25) is 0 Å². The van der Waals surface area contributed by atoms with Crippen LogP contribution in [0.25, 0.3) is 0 Å². The molecule has 1 heterocycles. The van der Waals surface area contributed by atoms with Gasteiger partial charge in [0.25, 0.3) is 0 Å². The van der Waals surface area contributed by atoms with Gasteiger partial charge in [0.1, 0.15) is 0 Å². The van der Waals surface area contributed by atoms with E-state index in [4.69, 9.17) is 4.74 Å². The molecule has 1 aliphatic rings. The van der Waals surface area contributed by atoms with Crippen LogP contribution in [0.3, 0.4) is 0 Å². The number of methoxy groups -OCH3 is 1. The Balaban J connectivity index is 1.85. The minimum Gasteiger partial charge on any atom is -0.380 e. The molecule has 1 aliphatic carbocycles. The van der Waals surface area contributed by atoms with Crippen LogP contribution in [-0.4, -0.2) is 19.3 Å². The third kappa shape index (κ3) is 3.30. The molecule has 2 atom stereocenters. The average molecular weight is 239 g/mol. The normalized spacial score (nSPS) is 26.6. The van der Waals surface area contributed by atoms with Gasteiger partial charge in [-0.05, 0) is 35.2 Å². The number of hydrogen-bond acceptors (Lipinski definition) is 3. The molecule has 1 N–H and O–H groups in total. The van der Waals surface area contributed by atoms with Crippen molar-refractivity contribution < 1.29 is 4.74 Å². The second-order valence-electron chi connectivity index (χ2n) is 4.53. The van der Waals surface area contributed by atoms with Gasteiger partial charge in [-0.3, -0.25) is 0 Å². The molecule has 3 heteroatoms. The van der Waals surface area contributed by atoms with E-state index < -0.39 is 0 Å². The Kier molecular flexibility index (Phi) is 4.82. The fourth-order valence-corrected chi connectivity index (χ4v) is 3.10. The van der Waals surface area contributed by atoms with Crippen LogP contribution in [0.1, 0.15) is 37.7 Å². The van der Waals surface area contributed by atoms with Gasteiger partial charge in [0.05, 0.1) is 6.10 Å². The van der Waals surface area contributed by atoms with Crippen molar-refractivity contribution in [3.05, 3.63) is 22.4 Å². The van der Waals surface area contributed by atoms with E-state index in [-0.39, 0.29) is 0 Å². The maximum absolute atomic E-state index is 5.59. The summed E-state index contributed by atoms with van der Waals surface area (Å²) in [6, 6.07) is 2.73. The molecule has 2 nitrogen and oxygen atoms in total. The quantitative estimate of drug-likeness (QED) is 0.815. The van der Waals surface area contributed by atoms with Crippen molar-refractivity contribution in [1.29, 1.82) is 0 Å². The zero-order valence-electron chi connectivity index (χ0n) is 9.95. The first-order valence-electron chi connectivity index (χ1n) is 6.17. The van der Waals surface area contributed by atoms with E-state index in [2.05, 4.69) is 22.1 Å². The summed E-state index contributed by atoms with van der Waals surface area (Å²) in [5.41, 5.74) is 1.39. The van der Waals surface area contributed by atoms with Crippen molar-refractivity contribution in [2.24, 2.45) is 0 Å². The highest BCUT2D eigenvalue weighted by molar-refractivity contribution is 7.07. The van der Waals surface area contributed by atoms with E-state index in [0.29, 0.717) is 12.1 Å². The molecule has 90 valence electrons. The average Bonchev–Trinajstić information content (AvgIpc) is 2.71. The van der Waals surface area contributed by atoms with Gasteiger partial charge in [0, 0.05) is 19.7 Å². The first kappa shape index (κ1) is 12.1. The van der Waals surface area contributed by atoms with Crippen LogP contribution in [0, 0.1) is 0 Å². The van der Waals surface area contributed by atoms with E-state index in [0.717, 1.165) is 6.54 Å². The second-order valence-corrected chi connectivity index (χ2v) is 5.31. The van der Waals surface area contributed by atoms with Crippen molar-refractivity contribution in [2.75, 3.05) is 7.11 Å². The summed E-state index contributed by atoms with van der Waals surface area (Å²) in [5, 5.41) is 8.00. The number of nitrogens with one attached hydrogen (secondary N) is 1. The van der Waals surface area contributed by atoms with Gasteiger partial charge in [-0.2, -0.15) is 11.3 Å². The predicted octanol–water partition coefficient (Wildman–Crippen LogP) is 3.19. The van der Waals surface area contributed by atoms with E-state index in [1.165, 1.54) is 37.7 Å². The summed E-state index contributed by atoms with van der Waals surface area (Å²) in [6.07, 6.45) is 6.87. The summed E-state index contributed by atoms with van der Waals surface area (Å²) in [4.78, 5) is 0. The molecule has 0 saturated heterocycles. The maximum atomic E-state index is 5.59. The Morgan fingerprint density at radius 3 is 3.00 bits per heavy atom. The van der Waals surface area contributed by atoms with Crippen LogP contribution in [0.4, 0.5) is 0 Å². The Morgan fingerprint density at radius 1 is 1.38 bits per heavy atom. The van der Waals surface area contributed by atoms with E-state index in [1.807, 2.05) is 7.11 Å². The number of hydrogen-bond donors (Lipinski definition) is 1. The molecule has 1 aromatic heterocycles. The van der Waals surface area contributed by atoms with Crippen molar-refractivity contribution in [3.63, 3.8) is 0 Å². The Labute approximate surface area is 102 Å². The van der Waals surface area contributed by atoms with Gasteiger partial charge in [-0.1, -0.05) is 19.3 Å². The van der Waals surface area contributed by atoms with Crippen LogP contribution < -0.4 is 5.32 Å². The molecular weight excluding hydrogens is 218 g/mol. The lowest BCUT2D eigenvalue weighted by atomic mass is 10.1. The molecule has 2 rings (SSSR count). The lowest BCUT2D eigenvalue weighted by Gasteiger charge is -2.24. The van der Waals surface area contributed by atoms with E-state index >= 15 is 0 Å². The fraction of sp³-hybridized carbons (Fsp3) is 0.692. The van der Waals surface area contributed by atoms with Crippen molar-refractivity contribution in [3.8, 4) is 0 Å². The number of ether oxygens (including phenoxy) is 1. The Hall–Kier alpha value is -0.380. The maximum Gasteiger partial charge on any atom is 0.0724 e. The highest BCUT2D eigenvalue weighted by Crippen LogP contribution is 2.20. The monoisotopic (exact) mass is 239 g/mol. The van der Waals surface area contributed by atoms with E-state index in [9.17, 15) is 0 Å². The van der Waals surface area contributed by atoms with Gasteiger partial charge in [-0.25, -0.2) is 0 Å². The SMILES string of the molecule is COC1CCCCCC1NCc1ccsc1. The summed E-state index contributed by atoms with van der Waals surface area (Å²) < 4.78 is 5.59. The standard InChI is InChI=1S/C13H21NOS/c1-15-13-6-4-2-3-5-12(13)14-9-11-7-8-16-10-11/h7-8,10,12-14H,2-6,9H2,1H3. The van der Waals surface area contributed by atoms with Gasteiger partial charge in [-0.15, -0.1) is 0 Å². The minimum absolute atomic E-state index is 0.404. The first-order chi connectivity index (χ1) is 7.90. The molecule has 0 amide bonds. The van der Waals surface area contributed by atoms with Crippen molar-refractivity contribution in [2.45, 2.75) is 50.8 Å². The number of rotatable bonds is 4.